The Kier molecular flexibility index (Phi) is 6.16. The first-order valence-corrected chi connectivity index (χ1v) is 10.4. The van der Waals surface area contributed by atoms with Crippen molar-refractivity contribution in [3.05, 3.63) is 40.0 Å². The molecule has 0 aromatic carbocycles. The van der Waals surface area contributed by atoms with Crippen LogP contribution >= 0.6 is 23.1 Å². The van der Waals surface area contributed by atoms with Crippen molar-refractivity contribution in [2.24, 2.45) is 0 Å². The third-order valence-electron chi connectivity index (χ3n) is 4.06. The lowest BCUT2D eigenvalue weighted by molar-refractivity contribution is -0.118. The highest BCUT2D eigenvalue weighted by Gasteiger charge is 2.18. The van der Waals surface area contributed by atoms with Crippen LogP contribution in [0, 0.1) is 13.8 Å². The highest BCUT2D eigenvalue weighted by molar-refractivity contribution is 7.99. The van der Waals surface area contributed by atoms with Crippen LogP contribution in [0.3, 0.4) is 0 Å². The largest absolute Gasteiger partial charge is 0.467 e. The third kappa shape index (κ3) is 4.19. The van der Waals surface area contributed by atoms with Crippen LogP contribution in [0.25, 0.3) is 11.4 Å². The Bertz CT molecular complexity index is 868. The molecule has 3 heterocycles. The molecule has 0 aliphatic carbocycles. The second-order valence-corrected chi connectivity index (χ2v) is 7.96. The lowest BCUT2D eigenvalue weighted by atomic mass is 10.1. The van der Waals surface area contributed by atoms with E-state index in [2.05, 4.69) is 46.2 Å². The molecule has 8 heteroatoms. The fourth-order valence-electron chi connectivity index (χ4n) is 2.53. The lowest BCUT2D eigenvalue weighted by Gasteiger charge is -2.09. The van der Waals surface area contributed by atoms with Crippen LogP contribution in [0.4, 0.5) is 0 Å². The van der Waals surface area contributed by atoms with E-state index >= 15 is 0 Å². The van der Waals surface area contributed by atoms with Crippen molar-refractivity contribution in [2.45, 2.75) is 45.4 Å². The average Bonchev–Trinajstić information content (AvgIpc) is 3.35. The maximum Gasteiger partial charge on any atom is 0.230 e. The van der Waals surface area contributed by atoms with Crippen molar-refractivity contribution < 1.29 is 9.21 Å². The molecule has 0 saturated heterocycles. The zero-order valence-electron chi connectivity index (χ0n) is 15.1. The number of amides is 1. The molecule has 1 amide bonds. The van der Waals surface area contributed by atoms with Gasteiger partial charge in [-0.15, -0.1) is 21.5 Å². The van der Waals surface area contributed by atoms with Gasteiger partial charge in [-0.05, 0) is 38.0 Å². The molecule has 0 saturated carbocycles. The normalized spacial score (nSPS) is 11.0. The summed E-state index contributed by atoms with van der Waals surface area (Å²) in [6.45, 7) is 7.57. The summed E-state index contributed by atoms with van der Waals surface area (Å²) in [5.74, 6) is 1.86. The van der Waals surface area contributed by atoms with Crippen LogP contribution in [0.15, 0.2) is 33.3 Å². The monoisotopic (exact) mass is 390 g/mol. The summed E-state index contributed by atoms with van der Waals surface area (Å²) in [6, 6.07) is 3.64. The van der Waals surface area contributed by atoms with Gasteiger partial charge in [-0.25, -0.2) is 0 Å². The van der Waals surface area contributed by atoms with Gasteiger partial charge in [0.15, 0.2) is 11.0 Å². The standard InChI is InChI=1S/C18H22N4O2S2/c1-4-7-22-17(15-10-25-13(3)12(15)2)20-21-18(22)26-11-16(23)19-9-14-6-5-8-24-14/h5-6,8,10H,4,7,9,11H2,1-3H3,(H,19,23). The quantitative estimate of drug-likeness (QED) is 0.588. The van der Waals surface area contributed by atoms with Gasteiger partial charge in [-0.1, -0.05) is 18.7 Å². The topological polar surface area (TPSA) is 73.0 Å². The zero-order chi connectivity index (χ0) is 18.5. The Labute approximate surface area is 161 Å². The molecule has 0 spiro atoms. The summed E-state index contributed by atoms with van der Waals surface area (Å²) in [5.41, 5.74) is 2.37. The average molecular weight is 391 g/mol. The molecule has 1 N–H and O–H groups in total. The molecule has 26 heavy (non-hydrogen) atoms. The third-order valence-corrected chi connectivity index (χ3v) is 6.04. The minimum Gasteiger partial charge on any atom is -0.467 e. The number of aryl methyl sites for hydroxylation is 1. The summed E-state index contributed by atoms with van der Waals surface area (Å²) in [7, 11) is 0. The van der Waals surface area contributed by atoms with E-state index in [1.54, 1.807) is 23.7 Å². The number of hydrogen-bond acceptors (Lipinski definition) is 6. The molecule has 3 rings (SSSR count). The van der Waals surface area contributed by atoms with Gasteiger partial charge in [0.1, 0.15) is 5.76 Å². The number of rotatable bonds is 8. The van der Waals surface area contributed by atoms with Gasteiger partial charge >= 0.3 is 0 Å². The molecule has 6 nitrogen and oxygen atoms in total. The van der Waals surface area contributed by atoms with Crippen molar-refractivity contribution in [1.82, 2.24) is 20.1 Å². The minimum atomic E-state index is -0.0541. The Morgan fingerprint density at radius 1 is 1.38 bits per heavy atom. The van der Waals surface area contributed by atoms with Crippen LogP contribution in [-0.2, 0) is 17.9 Å². The molecule has 3 aromatic rings. The second-order valence-electron chi connectivity index (χ2n) is 5.93. The van der Waals surface area contributed by atoms with Gasteiger partial charge in [0.2, 0.25) is 5.91 Å². The molecule has 0 atom stereocenters. The van der Waals surface area contributed by atoms with Gasteiger partial charge in [0.05, 0.1) is 18.6 Å². The van der Waals surface area contributed by atoms with Crippen molar-refractivity contribution in [3.63, 3.8) is 0 Å². The van der Waals surface area contributed by atoms with Gasteiger partial charge < -0.3 is 14.3 Å². The first-order chi connectivity index (χ1) is 12.6. The van der Waals surface area contributed by atoms with Crippen LogP contribution in [-0.4, -0.2) is 26.4 Å². The first kappa shape index (κ1) is 18.7. The molecule has 3 aromatic heterocycles. The summed E-state index contributed by atoms with van der Waals surface area (Å²) < 4.78 is 7.33. The molecule has 0 aliphatic heterocycles. The number of aromatic nitrogens is 3. The summed E-state index contributed by atoms with van der Waals surface area (Å²) in [4.78, 5) is 13.4. The van der Waals surface area contributed by atoms with Crippen LogP contribution < -0.4 is 5.32 Å². The highest BCUT2D eigenvalue weighted by atomic mass is 32.2. The molecule has 0 radical (unpaired) electrons. The van der Waals surface area contributed by atoms with E-state index in [0.29, 0.717) is 12.3 Å². The van der Waals surface area contributed by atoms with E-state index in [9.17, 15) is 4.79 Å². The van der Waals surface area contributed by atoms with Gasteiger partial charge in [0, 0.05) is 22.4 Å². The van der Waals surface area contributed by atoms with E-state index in [1.165, 1.54) is 22.2 Å². The number of furan rings is 1. The Balaban J connectivity index is 1.67. The summed E-state index contributed by atoms with van der Waals surface area (Å²) >= 11 is 3.14. The number of thioether (sulfide) groups is 1. The van der Waals surface area contributed by atoms with Crippen LogP contribution in [0.1, 0.15) is 29.5 Å². The molecule has 0 fully saturated rings. The molecule has 0 unspecified atom stereocenters. The molecule has 0 bridgehead atoms. The second kappa shape index (κ2) is 8.55. The predicted octanol–water partition coefficient (Wildman–Crippen LogP) is 4.03. The Morgan fingerprint density at radius 3 is 2.88 bits per heavy atom. The number of nitrogens with one attached hydrogen (secondary N) is 1. The maximum atomic E-state index is 12.1. The fraction of sp³-hybridized carbons (Fsp3) is 0.389. The maximum absolute atomic E-state index is 12.1. The van der Waals surface area contributed by atoms with E-state index in [-0.39, 0.29) is 5.91 Å². The Hall–Kier alpha value is -2.06. The van der Waals surface area contributed by atoms with Gasteiger partial charge in [0.25, 0.3) is 0 Å². The molecule has 138 valence electrons. The van der Waals surface area contributed by atoms with Gasteiger partial charge in [-0.3, -0.25) is 4.79 Å². The predicted molar refractivity (Wildman–Crippen MR) is 104 cm³/mol. The zero-order valence-corrected chi connectivity index (χ0v) is 16.7. The number of nitrogens with zero attached hydrogens (tertiary/aromatic N) is 3. The van der Waals surface area contributed by atoms with E-state index in [4.69, 9.17) is 4.42 Å². The molecule has 0 aliphatic rings. The Morgan fingerprint density at radius 2 is 2.23 bits per heavy atom. The highest BCUT2D eigenvalue weighted by Crippen LogP contribution is 2.31. The van der Waals surface area contributed by atoms with Crippen molar-refractivity contribution in [1.29, 1.82) is 0 Å². The fourth-order valence-corrected chi connectivity index (χ4v) is 4.19. The molecular formula is C18H22N4O2S2. The summed E-state index contributed by atoms with van der Waals surface area (Å²) in [5, 5.41) is 14.5. The van der Waals surface area contributed by atoms with Crippen molar-refractivity contribution in [2.75, 3.05) is 5.75 Å². The van der Waals surface area contributed by atoms with Crippen molar-refractivity contribution in [3.8, 4) is 11.4 Å². The number of thiophene rings is 1. The first-order valence-electron chi connectivity index (χ1n) is 8.50. The van der Waals surface area contributed by atoms with E-state index in [1.807, 2.05) is 6.07 Å². The van der Waals surface area contributed by atoms with Gasteiger partial charge in [-0.2, -0.15) is 0 Å². The molecular weight excluding hydrogens is 368 g/mol. The minimum absolute atomic E-state index is 0.0541. The van der Waals surface area contributed by atoms with Crippen LogP contribution in [0.2, 0.25) is 0 Å². The van der Waals surface area contributed by atoms with Crippen molar-refractivity contribution >= 4 is 29.0 Å². The lowest BCUT2D eigenvalue weighted by Crippen LogP contribution is -2.24. The van der Waals surface area contributed by atoms with E-state index in [0.717, 1.165) is 35.3 Å². The number of carbonyl (C=O) groups is 1. The SMILES string of the molecule is CCCn1c(SCC(=O)NCc2ccco2)nnc1-c1csc(C)c1C. The number of hydrogen-bond donors (Lipinski definition) is 1. The smallest absolute Gasteiger partial charge is 0.230 e. The van der Waals surface area contributed by atoms with Crippen LogP contribution in [0.5, 0.6) is 0 Å². The number of carbonyl (C=O) groups excluding carboxylic acids is 1. The van der Waals surface area contributed by atoms with E-state index < -0.39 is 0 Å². The summed E-state index contributed by atoms with van der Waals surface area (Å²) in [6.07, 6.45) is 2.57.